The number of hydrogen-bond acceptors (Lipinski definition) is 1. The van der Waals surface area contributed by atoms with Crippen LogP contribution in [0.1, 0.15) is 34.6 Å². The Hall–Kier alpha value is -0.300. The molecular formula is C10H23N. The van der Waals surface area contributed by atoms with Crippen LogP contribution in [0.3, 0.4) is 0 Å². The topological polar surface area (TPSA) is 12.0 Å². The highest BCUT2D eigenvalue weighted by Crippen LogP contribution is 2.18. The van der Waals surface area contributed by atoms with Gasteiger partial charge in [-0.2, -0.15) is 0 Å². The van der Waals surface area contributed by atoms with E-state index in [2.05, 4.69) is 32.7 Å². The molecule has 0 aromatic rings. The SMILES string of the molecule is C=CC(NC)C(C)(C)C.CC. The fraction of sp³-hybridized carbons (Fsp3) is 0.800. The third-order valence-electron chi connectivity index (χ3n) is 1.48. The van der Waals surface area contributed by atoms with Crippen LogP contribution < -0.4 is 5.32 Å². The van der Waals surface area contributed by atoms with Crippen LogP contribution in [0.25, 0.3) is 0 Å². The lowest BCUT2D eigenvalue weighted by atomic mass is 9.87. The minimum Gasteiger partial charge on any atom is -0.313 e. The van der Waals surface area contributed by atoms with Gasteiger partial charge in [0.15, 0.2) is 0 Å². The van der Waals surface area contributed by atoms with Crippen molar-refractivity contribution in [2.45, 2.75) is 40.7 Å². The normalized spacial score (nSPS) is 12.9. The van der Waals surface area contributed by atoms with Gasteiger partial charge in [-0.1, -0.05) is 40.7 Å². The van der Waals surface area contributed by atoms with Gasteiger partial charge in [0.2, 0.25) is 0 Å². The van der Waals surface area contributed by atoms with E-state index < -0.39 is 0 Å². The van der Waals surface area contributed by atoms with Crippen LogP contribution in [-0.4, -0.2) is 13.1 Å². The lowest BCUT2D eigenvalue weighted by molar-refractivity contribution is 0.329. The molecule has 68 valence electrons. The second kappa shape index (κ2) is 6.41. The molecule has 1 atom stereocenters. The average Bonchev–Trinajstić information content (AvgIpc) is 1.92. The third kappa shape index (κ3) is 6.11. The lowest BCUT2D eigenvalue weighted by Gasteiger charge is -2.27. The van der Waals surface area contributed by atoms with Gasteiger partial charge in [0, 0.05) is 6.04 Å². The van der Waals surface area contributed by atoms with Crippen molar-refractivity contribution in [2.75, 3.05) is 7.05 Å². The summed E-state index contributed by atoms with van der Waals surface area (Å²) < 4.78 is 0. The van der Waals surface area contributed by atoms with Crippen molar-refractivity contribution in [3.8, 4) is 0 Å². The van der Waals surface area contributed by atoms with E-state index in [9.17, 15) is 0 Å². The Morgan fingerprint density at radius 2 is 1.64 bits per heavy atom. The van der Waals surface area contributed by atoms with Gasteiger partial charge in [-0.15, -0.1) is 6.58 Å². The van der Waals surface area contributed by atoms with Crippen LogP contribution >= 0.6 is 0 Å². The molecule has 0 aromatic carbocycles. The highest BCUT2D eigenvalue weighted by molar-refractivity contribution is 4.92. The first-order chi connectivity index (χ1) is 5.02. The van der Waals surface area contributed by atoms with Crippen molar-refractivity contribution < 1.29 is 0 Å². The van der Waals surface area contributed by atoms with Gasteiger partial charge >= 0.3 is 0 Å². The molecule has 0 aliphatic rings. The number of rotatable bonds is 2. The molecule has 1 unspecified atom stereocenters. The number of likely N-dealkylation sites (N-methyl/N-ethyl adjacent to an activating group) is 1. The molecule has 0 rings (SSSR count). The van der Waals surface area contributed by atoms with Gasteiger partial charge in [0.1, 0.15) is 0 Å². The Morgan fingerprint density at radius 1 is 1.27 bits per heavy atom. The maximum atomic E-state index is 3.74. The van der Waals surface area contributed by atoms with Crippen LogP contribution in [0.15, 0.2) is 12.7 Å². The smallest absolute Gasteiger partial charge is 0.0293 e. The molecule has 0 radical (unpaired) electrons. The second-order valence-corrected chi connectivity index (χ2v) is 3.37. The van der Waals surface area contributed by atoms with E-state index in [1.54, 1.807) is 0 Å². The Balaban J connectivity index is 0. The van der Waals surface area contributed by atoms with Gasteiger partial charge in [-0.3, -0.25) is 0 Å². The number of nitrogens with one attached hydrogen (secondary N) is 1. The number of hydrogen-bond donors (Lipinski definition) is 1. The van der Waals surface area contributed by atoms with Crippen molar-refractivity contribution in [1.82, 2.24) is 5.32 Å². The summed E-state index contributed by atoms with van der Waals surface area (Å²) in [7, 11) is 1.96. The molecule has 0 aliphatic heterocycles. The predicted octanol–water partition coefficient (Wildman–Crippen LogP) is 2.83. The standard InChI is InChI=1S/C8H17N.C2H6/c1-6-7(9-5)8(2,3)4;1-2/h6-7,9H,1H2,2-5H3;1-2H3. The Kier molecular flexibility index (Phi) is 7.75. The molecule has 0 bridgehead atoms. The first-order valence-corrected chi connectivity index (χ1v) is 4.32. The van der Waals surface area contributed by atoms with E-state index in [0.717, 1.165) is 0 Å². The summed E-state index contributed by atoms with van der Waals surface area (Å²) in [5.74, 6) is 0. The van der Waals surface area contributed by atoms with Gasteiger partial charge in [0.05, 0.1) is 0 Å². The molecule has 11 heavy (non-hydrogen) atoms. The van der Waals surface area contributed by atoms with Crippen LogP contribution in [0.5, 0.6) is 0 Å². The Morgan fingerprint density at radius 3 is 1.64 bits per heavy atom. The van der Waals surface area contributed by atoms with E-state index in [0.29, 0.717) is 6.04 Å². The minimum atomic E-state index is 0.288. The van der Waals surface area contributed by atoms with Gasteiger partial charge in [-0.05, 0) is 12.5 Å². The molecule has 0 spiro atoms. The van der Waals surface area contributed by atoms with Crippen LogP contribution in [0.4, 0.5) is 0 Å². The Bertz CT molecular complexity index is 89.5. The fourth-order valence-electron chi connectivity index (χ4n) is 0.904. The summed E-state index contributed by atoms with van der Waals surface area (Å²) in [6, 6.07) is 0.414. The van der Waals surface area contributed by atoms with Crippen LogP contribution in [0, 0.1) is 5.41 Å². The van der Waals surface area contributed by atoms with Crippen molar-refractivity contribution >= 4 is 0 Å². The van der Waals surface area contributed by atoms with Crippen molar-refractivity contribution in [1.29, 1.82) is 0 Å². The molecule has 0 amide bonds. The highest BCUT2D eigenvalue weighted by atomic mass is 14.9. The van der Waals surface area contributed by atoms with E-state index >= 15 is 0 Å². The molecule has 0 aliphatic carbocycles. The molecule has 1 nitrogen and oxygen atoms in total. The van der Waals surface area contributed by atoms with E-state index in [1.807, 2.05) is 27.0 Å². The van der Waals surface area contributed by atoms with Gasteiger partial charge < -0.3 is 5.32 Å². The molecular weight excluding hydrogens is 134 g/mol. The van der Waals surface area contributed by atoms with Gasteiger partial charge in [-0.25, -0.2) is 0 Å². The van der Waals surface area contributed by atoms with Crippen molar-refractivity contribution in [3.05, 3.63) is 12.7 Å². The summed E-state index contributed by atoms with van der Waals surface area (Å²) in [6.45, 7) is 14.3. The van der Waals surface area contributed by atoms with E-state index in [1.165, 1.54) is 0 Å². The largest absolute Gasteiger partial charge is 0.313 e. The van der Waals surface area contributed by atoms with E-state index in [-0.39, 0.29) is 5.41 Å². The maximum Gasteiger partial charge on any atom is 0.0293 e. The van der Waals surface area contributed by atoms with Crippen LogP contribution in [0.2, 0.25) is 0 Å². The quantitative estimate of drug-likeness (QED) is 0.608. The Labute approximate surface area is 71.9 Å². The molecule has 0 saturated carbocycles. The maximum absolute atomic E-state index is 3.74. The molecule has 0 aromatic heterocycles. The average molecular weight is 157 g/mol. The molecule has 1 N–H and O–H groups in total. The fourth-order valence-corrected chi connectivity index (χ4v) is 0.904. The highest BCUT2D eigenvalue weighted by Gasteiger charge is 2.18. The zero-order chi connectivity index (χ0) is 9.49. The van der Waals surface area contributed by atoms with Crippen molar-refractivity contribution in [3.63, 3.8) is 0 Å². The summed E-state index contributed by atoms with van der Waals surface area (Å²) in [6.07, 6.45) is 1.94. The lowest BCUT2D eigenvalue weighted by Crippen LogP contribution is -2.35. The minimum absolute atomic E-state index is 0.288. The third-order valence-corrected chi connectivity index (χ3v) is 1.48. The summed E-state index contributed by atoms with van der Waals surface area (Å²) in [5, 5.41) is 3.17. The van der Waals surface area contributed by atoms with Crippen molar-refractivity contribution in [2.24, 2.45) is 5.41 Å². The predicted molar refractivity (Wildman–Crippen MR) is 53.8 cm³/mol. The van der Waals surface area contributed by atoms with Crippen LogP contribution in [-0.2, 0) is 0 Å². The monoisotopic (exact) mass is 157 g/mol. The van der Waals surface area contributed by atoms with Gasteiger partial charge in [0.25, 0.3) is 0 Å². The summed E-state index contributed by atoms with van der Waals surface area (Å²) in [5.41, 5.74) is 0.288. The molecule has 0 saturated heterocycles. The zero-order valence-corrected chi connectivity index (χ0v) is 8.86. The molecule has 0 fully saturated rings. The molecule has 1 heteroatoms. The summed E-state index contributed by atoms with van der Waals surface area (Å²) in [4.78, 5) is 0. The zero-order valence-electron chi connectivity index (χ0n) is 8.86. The van der Waals surface area contributed by atoms with E-state index in [4.69, 9.17) is 0 Å². The first kappa shape index (κ1) is 13.3. The second-order valence-electron chi connectivity index (χ2n) is 3.37. The summed E-state index contributed by atoms with van der Waals surface area (Å²) >= 11 is 0. The molecule has 0 heterocycles. The first-order valence-electron chi connectivity index (χ1n) is 4.32.